The van der Waals surface area contributed by atoms with Gasteiger partial charge in [-0.1, -0.05) is 0 Å². The fraction of sp³-hybridized carbons (Fsp3) is 0.0667. The van der Waals surface area contributed by atoms with Gasteiger partial charge in [0.15, 0.2) is 0 Å². The summed E-state index contributed by atoms with van der Waals surface area (Å²) in [5.74, 6) is -1.05. The van der Waals surface area contributed by atoms with Crippen molar-refractivity contribution in [2.75, 3.05) is 0 Å². The monoisotopic (exact) mass is 285 g/mol. The van der Waals surface area contributed by atoms with E-state index in [9.17, 15) is 14.0 Å². The van der Waals surface area contributed by atoms with Gasteiger partial charge in [-0.25, -0.2) is 4.39 Å². The predicted molar refractivity (Wildman–Crippen MR) is 76.6 cm³/mol. The second kappa shape index (κ2) is 4.90. The number of nitrogens with two attached hydrogens (primary N) is 1. The summed E-state index contributed by atoms with van der Waals surface area (Å²) >= 11 is 0. The Morgan fingerprint density at radius 1 is 1.29 bits per heavy atom. The van der Waals surface area contributed by atoms with Crippen LogP contribution < -0.4 is 11.3 Å². The van der Waals surface area contributed by atoms with Crippen molar-refractivity contribution in [3.63, 3.8) is 0 Å². The zero-order valence-electron chi connectivity index (χ0n) is 11.0. The fourth-order valence-corrected chi connectivity index (χ4v) is 2.23. The maximum atomic E-state index is 14.0. The number of primary amides is 1. The molecule has 0 bridgehead atoms. The van der Waals surface area contributed by atoms with Crippen LogP contribution in [-0.4, -0.2) is 15.5 Å². The summed E-state index contributed by atoms with van der Waals surface area (Å²) in [6.07, 6.45) is 3.05. The first-order valence-electron chi connectivity index (χ1n) is 6.30. The molecule has 0 aliphatic carbocycles. The highest BCUT2D eigenvalue weighted by atomic mass is 19.1. The Kier molecular flexibility index (Phi) is 3.06. The van der Waals surface area contributed by atoms with E-state index in [0.717, 1.165) is 5.39 Å². The van der Waals surface area contributed by atoms with Gasteiger partial charge in [-0.3, -0.25) is 9.59 Å². The SMILES string of the molecule is NC(=O)c1ccc(=O)n(Cc2cc3cc[nH]c3cc2F)c1. The van der Waals surface area contributed by atoms with Crippen LogP contribution in [0.3, 0.4) is 0 Å². The molecule has 21 heavy (non-hydrogen) atoms. The molecule has 1 aromatic carbocycles. The van der Waals surface area contributed by atoms with Crippen LogP contribution in [0.25, 0.3) is 10.9 Å². The van der Waals surface area contributed by atoms with Crippen molar-refractivity contribution < 1.29 is 9.18 Å². The highest BCUT2D eigenvalue weighted by molar-refractivity contribution is 5.92. The van der Waals surface area contributed by atoms with Gasteiger partial charge in [0.05, 0.1) is 12.1 Å². The first-order valence-corrected chi connectivity index (χ1v) is 6.30. The number of aromatic nitrogens is 2. The van der Waals surface area contributed by atoms with Crippen molar-refractivity contribution in [1.82, 2.24) is 9.55 Å². The molecule has 0 atom stereocenters. The average Bonchev–Trinajstić information content (AvgIpc) is 2.88. The molecule has 0 fully saturated rings. The van der Waals surface area contributed by atoms with E-state index in [1.807, 2.05) is 6.07 Å². The Hall–Kier alpha value is -2.89. The highest BCUT2D eigenvalue weighted by Gasteiger charge is 2.09. The van der Waals surface area contributed by atoms with Gasteiger partial charge < -0.3 is 15.3 Å². The van der Waals surface area contributed by atoms with E-state index < -0.39 is 11.7 Å². The average molecular weight is 285 g/mol. The van der Waals surface area contributed by atoms with Crippen LogP contribution in [0.1, 0.15) is 15.9 Å². The molecule has 0 radical (unpaired) electrons. The summed E-state index contributed by atoms with van der Waals surface area (Å²) in [5, 5.41) is 0.852. The molecular formula is C15H12FN3O2. The quantitative estimate of drug-likeness (QED) is 0.766. The lowest BCUT2D eigenvalue weighted by Crippen LogP contribution is -2.23. The third-order valence-electron chi connectivity index (χ3n) is 3.33. The van der Waals surface area contributed by atoms with Crippen LogP contribution >= 0.6 is 0 Å². The first kappa shape index (κ1) is 13.1. The lowest BCUT2D eigenvalue weighted by molar-refractivity contribution is 0.0999. The number of halogens is 1. The molecule has 0 unspecified atom stereocenters. The minimum absolute atomic E-state index is 0.0346. The largest absolute Gasteiger partial charge is 0.366 e. The van der Waals surface area contributed by atoms with Crippen LogP contribution in [0.5, 0.6) is 0 Å². The van der Waals surface area contributed by atoms with Crippen LogP contribution in [0.15, 0.2) is 47.5 Å². The number of aromatic amines is 1. The highest BCUT2D eigenvalue weighted by Crippen LogP contribution is 2.18. The predicted octanol–water partition coefficient (Wildman–Crippen LogP) is 1.62. The van der Waals surface area contributed by atoms with E-state index in [2.05, 4.69) is 4.98 Å². The van der Waals surface area contributed by atoms with E-state index >= 15 is 0 Å². The second-order valence-electron chi connectivity index (χ2n) is 4.76. The number of carbonyl (C=O) groups is 1. The van der Waals surface area contributed by atoms with Gasteiger partial charge in [0, 0.05) is 29.5 Å². The van der Waals surface area contributed by atoms with Crippen LogP contribution in [0.4, 0.5) is 4.39 Å². The number of hydrogen-bond donors (Lipinski definition) is 2. The molecule has 106 valence electrons. The smallest absolute Gasteiger partial charge is 0.250 e. The van der Waals surface area contributed by atoms with Crippen LogP contribution in [0, 0.1) is 5.82 Å². The normalized spacial score (nSPS) is 10.9. The maximum absolute atomic E-state index is 14.0. The van der Waals surface area contributed by atoms with E-state index in [1.165, 1.54) is 29.0 Å². The molecule has 3 rings (SSSR count). The number of H-pyrrole nitrogens is 1. The van der Waals surface area contributed by atoms with E-state index in [-0.39, 0.29) is 17.7 Å². The summed E-state index contributed by atoms with van der Waals surface area (Å²) in [6, 6.07) is 7.47. The number of carbonyl (C=O) groups excluding carboxylic acids is 1. The minimum atomic E-state index is -0.634. The Morgan fingerprint density at radius 3 is 2.86 bits per heavy atom. The van der Waals surface area contributed by atoms with Crippen molar-refractivity contribution in [3.05, 3.63) is 70.0 Å². The molecule has 2 heterocycles. The molecular weight excluding hydrogens is 273 g/mol. The van der Waals surface area contributed by atoms with Gasteiger partial charge in [-0.05, 0) is 29.7 Å². The number of rotatable bonds is 3. The maximum Gasteiger partial charge on any atom is 0.250 e. The number of pyridine rings is 1. The lowest BCUT2D eigenvalue weighted by Gasteiger charge is -2.08. The topological polar surface area (TPSA) is 80.9 Å². The van der Waals surface area contributed by atoms with E-state index in [0.29, 0.717) is 11.1 Å². The van der Waals surface area contributed by atoms with E-state index in [1.54, 1.807) is 12.3 Å². The molecule has 0 saturated heterocycles. The van der Waals surface area contributed by atoms with Gasteiger partial charge in [0.1, 0.15) is 5.82 Å². The van der Waals surface area contributed by atoms with Gasteiger partial charge >= 0.3 is 0 Å². The number of hydrogen-bond acceptors (Lipinski definition) is 2. The number of nitrogens with zero attached hydrogens (tertiary/aromatic N) is 1. The Bertz CT molecular complexity index is 895. The van der Waals surface area contributed by atoms with Gasteiger partial charge in [0.2, 0.25) is 5.91 Å². The van der Waals surface area contributed by atoms with Crippen molar-refractivity contribution in [1.29, 1.82) is 0 Å². The Balaban J connectivity index is 2.05. The number of benzene rings is 1. The number of nitrogens with one attached hydrogen (secondary N) is 1. The third-order valence-corrected chi connectivity index (χ3v) is 3.33. The molecule has 1 amide bonds. The molecule has 0 aliphatic heterocycles. The second-order valence-corrected chi connectivity index (χ2v) is 4.76. The summed E-state index contributed by atoms with van der Waals surface area (Å²) in [4.78, 5) is 25.9. The van der Waals surface area contributed by atoms with Crippen molar-refractivity contribution in [2.24, 2.45) is 5.73 Å². The Morgan fingerprint density at radius 2 is 2.10 bits per heavy atom. The number of fused-ring (bicyclic) bond motifs is 1. The molecule has 0 aliphatic rings. The lowest BCUT2D eigenvalue weighted by atomic mass is 10.1. The third kappa shape index (κ3) is 2.43. The summed E-state index contributed by atoms with van der Waals surface area (Å²) in [6.45, 7) is 0.0346. The summed E-state index contributed by atoms with van der Waals surface area (Å²) in [5.41, 5.74) is 6.12. The van der Waals surface area contributed by atoms with E-state index in [4.69, 9.17) is 5.73 Å². The van der Waals surface area contributed by atoms with Gasteiger partial charge in [-0.15, -0.1) is 0 Å². The van der Waals surface area contributed by atoms with Crippen molar-refractivity contribution in [3.8, 4) is 0 Å². The molecule has 3 N–H and O–H groups in total. The standard InChI is InChI=1S/C15H12FN3O2/c16-12-6-13-9(3-4-18-13)5-11(12)8-19-7-10(15(17)21)1-2-14(19)20/h1-7,18H,8H2,(H2,17,21). The van der Waals surface area contributed by atoms with Crippen molar-refractivity contribution in [2.45, 2.75) is 6.54 Å². The van der Waals surface area contributed by atoms with Crippen molar-refractivity contribution >= 4 is 16.8 Å². The zero-order valence-corrected chi connectivity index (χ0v) is 11.0. The minimum Gasteiger partial charge on any atom is -0.366 e. The molecule has 0 spiro atoms. The molecule has 3 aromatic rings. The van der Waals surface area contributed by atoms with Gasteiger partial charge in [0.25, 0.3) is 5.56 Å². The fourth-order valence-electron chi connectivity index (χ4n) is 2.23. The Labute approximate surface area is 118 Å². The van der Waals surface area contributed by atoms with Gasteiger partial charge in [-0.2, -0.15) is 0 Å². The molecule has 0 saturated carbocycles. The molecule has 6 heteroatoms. The zero-order chi connectivity index (χ0) is 15.0. The summed E-state index contributed by atoms with van der Waals surface area (Å²) in [7, 11) is 0. The van der Waals surface area contributed by atoms with Crippen LogP contribution in [0.2, 0.25) is 0 Å². The van der Waals surface area contributed by atoms with Crippen LogP contribution in [-0.2, 0) is 6.54 Å². The first-order chi connectivity index (χ1) is 10.0. The molecule has 2 aromatic heterocycles. The summed E-state index contributed by atoms with van der Waals surface area (Å²) < 4.78 is 15.3. The molecule has 5 nitrogen and oxygen atoms in total. The number of amides is 1.